The summed E-state index contributed by atoms with van der Waals surface area (Å²) in [4.78, 5) is 2.53. The molecule has 0 N–H and O–H groups in total. The van der Waals surface area contributed by atoms with E-state index in [9.17, 15) is 0 Å². The molecule has 1 aromatic rings. The first-order chi connectivity index (χ1) is 8.60. The van der Waals surface area contributed by atoms with E-state index in [4.69, 9.17) is 4.52 Å². The minimum Gasteiger partial charge on any atom is -0.361 e. The molecule has 0 radical (unpaired) electrons. The summed E-state index contributed by atoms with van der Waals surface area (Å²) in [5.41, 5.74) is 1.07. The van der Waals surface area contributed by atoms with Gasteiger partial charge < -0.3 is 4.52 Å². The van der Waals surface area contributed by atoms with Gasteiger partial charge >= 0.3 is 0 Å². The Kier molecular flexibility index (Phi) is 4.44. The molecule has 0 aliphatic carbocycles. The molecule has 0 saturated carbocycles. The molecule has 1 aromatic heterocycles. The lowest BCUT2D eigenvalue weighted by atomic mass is 9.77. The van der Waals surface area contributed by atoms with Crippen molar-refractivity contribution in [3.05, 3.63) is 17.5 Å². The first-order valence-corrected chi connectivity index (χ1v) is 7.24. The number of hydrogen-bond donors (Lipinski definition) is 0. The van der Waals surface area contributed by atoms with E-state index in [-0.39, 0.29) is 0 Å². The number of nitrogens with zero attached hydrogens (tertiary/aromatic N) is 2. The molecule has 18 heavy (non-hydrogen) atoms. The fourth-order valence-electron chi connectivity index (χ4n) is 3.30. The van der Waals surface area contributed by atoms with E-state index in [1.165, 1.54) is 25.9 Å². The summed E-state index contributed by atoms with van der Waals surface area (Å²) in [6.45, 7) is 12.4. The lowest BCUT2D eigenvalue weighted by molar-refractivity contribution is 0.0825. The van der Waals surface area contributed by atoms with Crippen molar-refractivity contribution in [2.75, 3.05) is 13.1 Å². The molecule has 102 valence electrons. The average Bonchev–Trinajstić information content (AvgIpc) is 2.74. The van der Waals surface area contributed by atoms with Crippen LogP contribution in [0, 0.1) is 24.7 Å². The van der Waals surface area contributed by atoms with Gasteiger partial charge in [-0.05, 0) is 37.6 Å². The quantitative estimate of drug-likeness (QED) is 0.819. The van der Waals surface area contributed by atoms with E-state index in [0.29, 0.717) is 0 Å². The Labute approximate surface area is 111 Å². The molecular weight excluding hydrogens is 224 g/mol. The largest absolute Gasteiger partial charge is 0.361 e. The van der Waals surface area contributed by atoms with Crippen molar-refractivity contribution in [1.29, 1.82) is 0 Å². The van der Waals surface area contributed by atoms with Gasteiger partial charge in [-0.25, -0.2) is 0 Å². The summed E-state index contributed by atoms with van der Waals surface area (Å²) < 4.78 is 5.14. The second-order valence-corrected chi connectivity index (χ2v) is 6.03. The van der Waals surface area contributed by atoms with Gasteiger partial charge in [0, 0.05) is 19.2 Å². The zero-order valence-electron chi connectivity index (χ0n) is 12.1. The van der Waals surface area contributed by atoms with Gasteiger partial charge in [0.15, 0.2) is 0 Å². The Morgan fingerprint density at radius 2 is 2.28 bits per heavy atom. The van der Waals surface area contributed by atoms with Crippen molar-refractivity contribution in [3.8, 4) is 0 Å². The molecule has 2 atom stereocenters. The second-order valence-electron chi connectivity index (χ2n) is 6.03. The molecule has 0 bridgehead atoms. The first-order valence-electron chi connectivity index (χ1n) is 7.24. The molecule has 2 heterocycles. The van der Waals surface area contributed by atoms with E-state index in [0.717, 1.165) is 35.8 Å². The predicted octanol–water partition coefficient (Wildman–Crippen LogP) is 3.49. The van der Waals surface area contributed by atoms with Gasteiger partial charge in [-0.2, -0.15) is 0 Å². The monoisotopic (exact) mass is 250 g/mol. The summed E-state index contributed by atoms with van der Waals surface area (Å²) in [6.07, 6.45) is 2.62. The normalized spacial score (nSPS) is 25.8. The van der Waals surface area contributed by atoms with Gasteiger partial charge in [0.1, 0.15) is 5.76 Å². The molecule has 1 saturated heterocycles. The molecule has 2 unspecified atom stereocenters. The molecule has 0 spiro atoms. The van der Waals surface area contributed by atoms with Crippen molar-refractivity contribution < 1.29 is 4.52 Å². The highest BCUT2D eigenvalue weighted by Gasteiger charge is 2.30. The van der Waals surface area contributed by atoms with Crippen molar-refractivity contribution in [1.82, 2.24) is 10.1 Å². The van der Waals surface area contributed by atoms with Gasteiger partial charge in [0.2, 0.25) is 0 Å². The van der Waals surface area contributed by atoms with Crippen LogP contribution in [0.1, 0.15) is 45.1 Å². The molecule has 1 fully saturated rings. The summed E-state index contributed by atoms with van der Waals surface area (Å²) in [7, 11) is 0. The van der Waals surface area contributed by atoms with Crippen molar-refractivity contribution in [3.63, 3.8) is 0 Å². The van der Waals surface area contributed by atoms with E-state index >= 15 is 0 Å². The van der Waals surface area contributed by atoms with E-state index in [1.54, 1.807) is 0 Å². The molecule has 3 nitrogen and oxygen atoms in total. The van der Waals surface area contributed by atoms with Gasteiger partial charge in [-0.3, -0.25) is 4.90 Å². The number of aryl methyl sites for hydroxylation is 1. The Balaban J connectivity index is 1.93. The highest BCUT2D eigenvalue weighted by Crippen LogP contribution is 2.32. The SMILES string of the molecule is CCC1CN(Cc2cc(C)on2)CCC1C(C)C. The summed E-state index contributed by atoms with van der Waals surface area (Å²) in [5, 5.41) is 4.10. The number of rotatable bonds is 4. The fourth-order valence-corrected chi connectivity index (χ4v) is 3.30. The zero-order valence-corrected chi connectivity index (χ0v) is 12.1. The lowest BCUT2D eigenvalue weighted by Crippen LogP contribution is -2.41. The maximum atomic E-state index is 5.14. The summed E-state index contributed by atoms with van der Waals surface area (Å²) in [5.74, 6) is 3.46. The molecule has 0 amide bonds. The van der Waals surface area contributed by atoms with E-state index in [1.807, 2.05) is 6.92 Å². The van der Waals surface area contributed by atoms with Crippen LogP contribution in [0.5, 0.6) is 0 Å². The molecule has 1 aliphatic rings. The van der Waals surface area contributed by atoms with Crippen LogP contribution in [-0.4, -0.2) is 23.1 Å². The Hall–Kier alpha value is -0.830. The minimum atomic E-state index is 0.811. The molecule has 1 aliphatic heterocycles. The number of aromatic nitrogens is 1. The average molecular weight is 250 g/mol. The molecule has 2 rings (SSSR count). The highest BCUT2D eigenvalue weighted by molar-refractivity contribution is 5.03. The van der Waals surface area contributed by atoms with Gasteiger partial charge in [0.25, 0.3) is 0 Å². The standard InChI is InChI=1S/C15H26N2O/c1-5-13-9-17(7-6-15(13)11(2)3)10-14-8-12(4)18-16-14/h8,11,13,15H,5-7,9-10H2,1-4H3. The maximum absolute atomic E-state index is 5.14. The van der Waals surface area contributed by atoms with Crippen molar-refractivity contribution in [2.24, 2.45) is 17.8 Å². The second kappa shape index (κ2) is 5.87. The van der Waals surface area contributed by atoms with Gasteiger partial charge in [0.05, 0.1) is 5.69 Å². The Morgan fingerprint density at radius 1 is 1.50 bits per heavy atom. The topological polar surface area (TPSA) is 29.3 Å². The fraction of sp³-hybridized carbons (Fsp3) is 0.800. The van der Waals surface area contributed by atoms with Crippen LogP contribution in [0.4, 0.5) is 0 Å². The van der Waals surface area contributed by atoms with Crippen LogP contribution in [-0.2, 0) is 6.54 Å². The zero-order chi connectivity index (χ0) is 13.1. The van der Waals surface area contributed by atoms with Crippen LogP contribution >= 0.6 is 0 Å². The minimum absolute atomic E-state index is 0.811. The third-order valence-electron chi connectivity index (χ3n) is 4.32. The third-order valence-corrected chi connectivity index (χ3v) is 4.32. The van der Waals surface area contributed by atoms with Crippen molar-refractivity contribution in [2.45, 2.75) is 47.1 Å². The van der Waals surface area contributed by atoms with E-state index in [2.05, 4.69) is 36.9 Å². The third kappa shape index (κ3) is 3.14. The van der Waals surface area contributed by atoms with Crippen LogP contribution < -0.4 is 0 Å². The summed E-state index contributed by atoms with van der Waals surface area (Å²) >= 11 is 0. The Bertz CT molecular complexity index is 372. The lowest BCUT2D eigenvalue weighted by Gasteiger charge is -2.40. The smallest absolute Gasteiger partial charge is 0.133 e. The maximum Gasteiger partial charge on any atom is 0.133 e. The highest BCUT2D eigenvalue weighted by atomic mass is 16.5. The molecule has 0 aromatic carbocycles. The molecular formula is C15H26N2O. The van der Waals surface area contributed by atoms with Crippen molar-refractivity contribution >= 4 is 0 Å². The van der Waals surface area contributed by atoms with Crippen LogP contribution in [0.25, 0.3) is 0 Å². The number of hydrogen-bond acceptors (Lipinski definition) is 3. The van der Waals surface area contributed by atoms with Gasteiger partial charge in [-0.15, -0.1) is 0 Å². The number of likely N-dealkylation sites (tertiary alicyclic amines) is 1. The first kappa shape index (κ1) is 13.6. The van der Waals surface area contributed by atoms with Crippen LogP contribution in [0.15, 0.2) is 10.6 Å². The van der Waals surface area contributed by atoms with E-state index < -0.39 is 0 Å². The van der Waals surface area contributed by atoms with Crippen LogP contribution in [0.2, 0.25) is 0 Å². The Morgan fingerprint density at radius 3 is 2.83 bits per heavy atom. The summed E-state index contributed by atoms with van der Waals surface area (Å²) in [6, 6.07) is 2.05. The van der Waals surface area contributed by atoms with Crippen LogP contribution in [0.3, 0.4) is 0 Å². The molecule has 3 heteroatoms. The predicted molar refractivity (Wildman–Crippen MR) is 73.2 cm³/mol. The van der Waals surface area contributed by atoms with Gasteiger partial charge in [-0.1, -0.05) is 32.3 Å². The number of piperidine rings is 1.